The fourth-order valence-electron chi connectivity index (χ4n) is 2.61. The molecule has 0 aromatic rings. The molecule has 102 valence electrons. The molecule has 2 fully saturated rings. The third-order valence-electron chi connectivity index (χ3n) is 3.51. The van der Waals surface area contributed by atoms with E-state index in [1.54, 1.807) is 0 Å². The van der Waals surface area contributed by atoms with Crippen molar-refractivity contribution in [2.45, 2.75) is 45.0 Å². The van der Waals surface area contributed by atoms with E-state index in [4.69, 9.17) is 9.47 Å². The summed E-state index contributed by atoms with van der Waals surface area (Å²) in [5.74, 6) is 0.729. The maximum absolute atomic E-state index is 9.88. The van der Waals surface area contributed by atoms with Crippen LogP contribution in [0, 0.1) is 11.3 Å². The molecule has 0 aromatic carbocycles. The number of allylic oxidation sites excluding steroid dienone is 1. The standard InChI is InChI=1S/C13H21O3.Ni/c1-4-10-5-11(14)7-13(6-10)8-15-12(2,3)16-9-13;/h4,11,14H,1,5-9H2,2-3H3;/q-1;/t11-;/m1./s1. The Morgan fingerprint density at radius 1 is 1.35 bits per heavy atom. The predicted octanol–water partition coefficient (Wildman–Crippen LogP) is 2.06. The van der Waals surface area contributed by atoms with E-state index in [9.17, 15) is 5.11 Å². The van der Waals surface area contributed by atoms with Gasteiger partial charge in [0.05, 0.1) is 13.2 Å². The summed E-state index contributed by atoms with van der Waals surface area (Å²) in [7, 11) is 0. The largest absolute Gasteiger partial charge is 0.394 e. The summed E-state index contributed by atoms with van der Waals surface area (Å²) in [5, 5.41) is 9.88. The van der Waals surface area contributed by atoms with Crippen molar-refractivity contribution >= 4 is 0 Å². The molecule has 1 aliphatic carbocycles. The van der Waals surface area contributed by atoms with E-state index in [1.807, 2.05) is 19.9 Å². The van der Waals surface area contributed by atoms with Gasteiger partial charge < -0.3 is 14.6 Å². The fraction of sp³-hybridized carbons (Fsp3) is 0.769. The Bertz CT molecular complexity index is 268. The van der Waals surface area contributed by atoms with Crippen molar-refractivity contribution in [1.82, 2.24) is 0 Å². The number of aliphatic hydroxyl groups excluding tert-OH is 1. The maximum atomic E-state index is 9.88. The molecule has 1 saturated carbocycles. The van der Waals surface area contributed by atoms with Crippen LogP contribution in [0.2, 0.25) is 0 Å². The van der Waals surface area contributed by atoms with Gasteiger partial charge in [-0.15, -0.1) is 0 Å². The Balaban J connectivity index is 0.00000144. The second-order valence-electron chi connectivity index (χ2n) is 5.58. The van der Waals surface area contributed by atoms with E-state index >= 15 is 0 Å². The van der Waals surface area contributed by atoms with Crippen LogP contribution >= 0.6 is 0 Å². The molecule has 1 heterocycles. The average molecular weight is 284 g/mol. The molecule has 1 aliphatic heterocycles. The van der Waals surface area contributed by atoms with Crippen LogP contribution in [0.25, 0.3) is 0 Å². The van der Waals surface area contributed by atoms with Crippen molar-refractivity contribution < 1.29 is 31.1 Å². The summed E-state index contributed by atoms with van der Waals surface area (Å²) < 4.78 is 11.4. The SMILES string of the molecule is C=C[C-]1C[C@@H](O)CC2(COC(C)(C)OC2)C1.[Ni]. The van der Waals surface area contributed by atoms with Gasteiger partial charge in [-0.2, -0.15) is 0 Å². The molecule has 1 atom stereocenters. The molecule has 1 saturated heterocycles. The number of hydrogen-bond donors (Lipinski definition) is 1. The summed E-state index contributed by atoms with van der Waals surface area (Å²) in [6.45, 7) is 8.97. The molecule has 3 nitrogen and oxygen atoms in total. The van der Waals surface area contributed by atoms with Gasteiger partial charge >= 0.3 is 0 Å². The number of hydrogen-bond acceptors (Lipinski definition) is 3. The number of aliphatic hydroxyl groups is 1. The Hall–Kier alpha value is -0.0165. The molecule has 2 rings (SSSR count). The van der Waals surface area contributed by atoms with Gasteiger partial charge in [-0.05, 0) is 20.3 Å². The minimum Gasteiger partial charge on any atom is -0.394 e. The molecule has 0 unspecified atom stereocenters. The van der Waals surface area contributed by atoms with Crippen LogP contribution < -0.4 is 0 Å². The van der Waals surface area contributed by atoms with Gasteiger partial charge in [0.2, 0.25) is 0 Å². The zero-order valence-corrected chi connectivity index (χ0v) is 11.5. The Kier molecular flexibility index (Phi) is 4.70. The van der Waals surface area contributed by atoms with Crippen molar-refractivity contribution in [2.24, 2.45) is 5.41 Å². The van der Waals surface area contributed by atoms with E-state index in [-0.39, 0.29) is 28.0 Å². The first kappa shape index (κ1) is 15.0. The molecular formula is C13H21NiO3-. The van der Waals surface area contributed by atoms with E-state index in [1.165, 1.54) is 5.92 Å². The minimum atomic E-state index is -0.484. The van der Waals surface area contributed by atoms with Crippen LogP contribution in [0.4, 0.5) is 0 Å². The van der Waals surface area contributed by atoms with Crippen molar-refractivity contribution in [2.75, 3.05) is 13.2 Å². The van der Waals surface area contributed by atoms with E-state index < -0.39 is 5.79 Å². The smallest absolute Gasteiger partial charge is 0.162 e. The summed E-state index contributed by atoms with van der Waals surface area (Å²) >= 11 is 0. The van der Waals surface area contributed by atoms with Crippen LogP contribution in [-0.4, -0.2) is 30.2 Å². The Morgan fingerprint density at radius 3 is 2.47 bits per heavy atom. The van der Waals surface area contributed by atoms with E-state index in [0.717, 1.165) is 19.3 Å². The molecule has 0 amide bonds. The number of ether oxygens (including phenoxy) is 2. The number of rotatable bonds is 1. The fourth-order valence-corrected chi connectivity index (χ4v) is 2.61. The van der Waals surface area contributed by atoms with Crippen LogP contribution in [0.1, 0.15) is 33.1 Å². The summed E-state index contributed by atoms with van der Waals surface area (Å²) in [5.41, 5.74) is -0.0449. The van der Waals surface area contributed by atoms with Gasteiger partial charge in [0.1, 0.15) is 0 Å². The van der Waals surface area contributed by atoms with E-state index in [2.05, 4.69) is 6.58 Å². The van der Waals surface area contributed by atoms with Crippen molar-refractivity contribution in [3.05, 3.63) is 18.6 Å². The van der Waals surface area contributed by atoms with Crippen molar-refractivity contribution in [3.63, 3.8) is 0 Å². The summed E-state index contributed by atoms with van der Waals surface area (Å²) in [4.78, 5) is 0. The van der Waals surface area contributed by atoms with Crippen LogP contribution in [-0.2, 0) is 26.0 Å². The molecule has 1 N–H and O–H groups in total. The summed E-state index contributed by atoms with van der Waals surface area (Å²) in [6.07, 6.45) is 4.03. The predicted molar refractivity (Wildman–Crippen MR) is 61.7 cm³/mol. The van der Waals surface area contributed by atoms with Crippen LogP contribution in [0.3, 0.4) is 0 Å². The van der Waals surface area contributed by atoms with Crippen LogP contribution in [0.15, 0.2) is 12.7 Å². The Morgan fingerprint density at radius 2 is 1.94 bits per heavy atom. The van der Waals surface area contributed by atoms with Crippen molar-refractivity contribution in [1.29, 1.82) is 0 Å². The first-order valence-electron chi connectivity index (χ1n) is 5.88. The van der Waals surface area contributed by atoms with Gasteiger partial charge in [-0.3, -0.25) is 0 Å². The third kappa shape index (κ3) is 3.48. The molecule has 17 heavy (non-hydrogen) atoms. The van der Waals surface area contributed by atoms with Crippen LogP contribution in [0.5, 0.6) is 0 Å². The molecule has 4 heteroatoms. The minimum absolute atomic E-state index is 0. The normalized spacial score (nSPS) is 30.8. The first-order valence-corrected chi connectivity index (χ1v) is 5.88. The molecule has 1 spiro atoms. The third-order valence-corrected chi connectivity index (χ3v) is 3.51. The zero-order chi connectivity index (χ0) is 11.8. The zero-order valence-electron chi connectivity index (χ0n) is 10.5. The van der Waals surface area contributed by atoms with Gasteiger partial charge in [-0.1, -0.05) is 12.8 Å². The quantitative estimate of drug-likeness (QED) is 0.591. The second kappa shape index (κ2) is 5.32. The molecule has 2 aliphatic rings. The molecule has 0 aromatic heterocycles. The molecular weight excluding hydrogens is 263 g/mol. The van der Waals surface area contributed by atoms with Gasteiger partial charge in [0.25, 0.3) is 0 Å². The summed E-state index contributed by atoms with van der Waals surface area (Å²) in [6, 6.07) is 0. The Labute approximate surface area is 113 Å². The van der Waals surface area contributed by atoms with Gasteiger partial charge in [-0.25, -0.2) is 18.6 Å². The van der Waals surface area contributed by atoms with E-state index in [0.29, 0.717) is 13.2 Å². The molecule has 0 bridgehead atoms. The van der Waals surface area contributed by atoms with Gasteiger partial charge in [0.15, 0.2) is 5.79 Å². The monoisotopic (exact) mass is 283 g/mol. The maximum Gasteiger partial charge on any atom is 0.162 e. The second-order valence-corrected chi connectivity index (χ2v) is 5.58. The molecule has 0 radical (unpaired) electrons. The van der Waals surface area contributed by atoms with Crippen molar-refractivity contribution in [3.8, 4) is 0 Å². The topological polar surface area (TPSA) is 38.7 Å². The van der Waals surface area contributed by atoms with Gasteiger partial charge in [0, 0.05) is 28.0 Å². The average Bonchev–Trinajstić information content (AvgIpc) is 2.22. The first-order chi connectivity index (χ1) is 7.45.